The van der Waals surface area contributed by atoms with E-state index in [0.717, 1.165) is 18.4 Å². The van der Waals surface area contributed by atoms with Gasteiger partial charge in [0.25, 0.3) is 0 Å². The molecule has 1 unspecified atom stereocenters. The normalized spacial score (nSPS) is 26.8. The third-order valence-corrected chi connectivity index (χ3v) is 4.08. The summed E-state index contributed by atoms with van der Waals surface area (Å²) in [5.41, 5.74) is 0.00751. The van der Waals surface area contributed by atoms with E-state index in [9.17, 15) is 0 Å². The van der Waals surface area contributed by atoms with Crippen LogP contribution in [0.5, 0.6) is 0 Å². The summed E-state index contributed by atoms with van der Waals surface area (Å²) in [6.07, 6.45) is 0.348. The number of rotatable bonds is 5. The summed E-state index contributed by atoms with van der Waals surface area (Å²) in [6.45, 7) is 9.90. The minimum absolute atomic E-state index is 0.00751. The molecule has 0 N–H and O–H groups in total. The zero-order valence-corrected chi connectivity index (χ0v) is 12.4. The van der Waals surface area contributed by atoms with Crippen molar-refractivity contribution in [2.75, 3.05) is 36.5 Å². The maximum atomic E-state index is 5.96. The predicted molar refractivity (Wildman–Crippen MR) is 72.2 cm³/mol. The van der Waals surface area contributed by atoms with Gasteiger partial charge in [-0.15, -0.1) is 0 Å². The molecule has 2 nitrogen and oxygen atoms in total. The first-order valence-corrected chi connectivity index (χ1v) is 7.89. The number of nitrogens with zero attached hydrogens (tertiary/aromatic N) is 1. The van der Waals surface area contributed by atoms with Gasteiger partial charge in [-0.2, -0.15) is 11.8 Å². The standard InChI is InChI=1S/C11H22BrNOS/c1-4-15-6-5-13-8-10(7-12)14-11(2,3)9-13/h10H,4-9H2,1-3H3. The third kappa shape index (κ3) is 5.07. The first-order valence-electron chi connectivity index (χ1n) is 5.61. The Morgan fingerprint density at radius 3 is 2.87 bits per heavy atom. The van der Waals surface area contributed by atoms with Gasteiger partial charge in [-0.05, 0) is 19.6 Å². The number of ether oxygens (including phenoxy) is 1. The van der Waals surface area contributed by atoms with Crippen LogP contribution >= 0.6 is 27.7 Å². The Bertz CT molecular complexity index is 189. The van der Waals surface area contributed by atoms with E-state index in [1.165, 1.54) is 18.1 Å². The largest absolute Gasteiger partial charge is 0.369 e. The van der Waals surface area contributed by atoms with Gasteiger partial charge < -0.3 is 4.74 Å². The van der Waals surface area contributed by atoms with Crippen LogP contribution in [0.2, 0.25) is 0 Å². The van der Waals surface area contributed by atoms with Crippen LogP contribution in [0, 0.1) is 0 Å². The molecule has 0 bridgehead atoms. The van der Waals surface area contributed by atoms with Gasteiger partial charge >= 0.3 is 0 Å². The van der Waals surface area contributed by atoms with E-state index in [1.807, 2.05) is 11.8 Å². The summed E-state index contributed by atoms with van der Waals surface area (Å²) in [5, 5.41) is 0.938. The molecule has 15 heavy (non-hydrogen) atoms. The summed E-state index contributed by atoms with van der Waals surface area (Å²) in [6, 6.07) is 0. The number of thioether (sulfide) groups is 1. The van der Waals surface area contributed by atoms with Crippen molar-refractivity contribution in [2.24, 2.45) is 0 Å². The van der Waals surface area contributed by atoms with Gasteiger partial charge in [0, 0.05) is 30.7 Å². The summed E-state index contributed by atoms with van der Waals surface area (Å²) in [4.78, 5) is 2.53. The van der Waals surface area contributed by atoms with E-state index in [1.54, 1.807) is 0 Å². The van der Waals surface area contributed by atoms with Gasteiger partial charge in [-0.25, -0.2) is 0 Å². The molecule has 1 fully saturated rings. The molecule has 1 rings (SSSR count). The van der Waals surface area contributed by atoms with Crippen molar-refractivity contribution in [3.8, 4) is 0 Å². The molecule has 0 radical (unpaired) electrons. The number of morpholine rings is 1. The Morgan fingerprint density at radius 2 is 2.27 bits per heavy atom. The highest BCUT2D eigenvalue weighted by Crippen LogP contribution is 2.22. The minimum Gasteiger partial charge on any atom is -0.369 e. The molecule has 1 heterocycles. The van der Waals surface area contributed by atoms with Crippen molar-refractivity contribution in [2.45, 2.75) is 32.5 Å². The zero-order chi connectivity index (χ0) is 11.3. The van der Waals surface area contributed by atoms with E-state index in [2.05, 4.69) is 41.6 Å². The van der Waals surface area contributed by atoms with Crippen molar-refractivity contribution < 1.29 is 4.74 Å². The summed E-state index contributed by atoms with van der Waals surface area (Å²) in [7, 11) is 0. The molecule has 1 aliphatic rings. The van der Waals surface area contributed by atoms with Crippen LogP contribution in [0.1, 0.15) is 20.8 Å². The molecule has 4 heteroatoms. The fraction of sp³-hybridized carbons (Fsp3) is 1.00. The van der Waals surface area contributed by atoms with E-state index in [0.29, 0.717) is 6.10 Å². The Hall–Kier alpha value is 0.750. The summed E-state index contributed by atoms with van der Waals surface area (Å²) in [5.74, 6) is 2.46. The first-order chi connectivity index (χ1) is 7.07. The number of hydrogen-bond donors (Lipinski definition) is 0. The second-order valence-corrected chi connectivity index (χ2v) is 6.63. The molecule has 0 saturated carbocycles. The number of halogens is 1. The van der Waals surface area contributed by atoms with Crippen LogP contribution in [0.25, 0.3) is 0 Å². The van der Waals surface area contributed by atoms with E-state index in [-0.39, 0.29) is 5.60 Å². The van der Waals surface area contributed by atoms with Crippen LogP contribution < -0.4 is 0 Å². The predicted octanol–water partition coefficient (Wildman–Crippen LogP) is 2.61. The average molecular weight is 296 g/mol. The summed E-state index contributed by atoms with van der Waals surface area (Å²) < 4.78 is 5.96. The lowest BCUT2D eigenvalue weighted by Gasteiger charge is -2.42. The van der Waals surface area contributed by atoms with E-state index >= 15 is 0 Å². The maximum absolute atomic E-state index is 5.96. The van der Waals surface area contributed by atoms with Crippen molar-refractivity contribution in [3.05, 3.63) is 0 Å². The van der Waals surface area contributed by atoms with Crippen molar-refractivity contribution in [1.29, 1.82) is 0 Å². The topological polar surface area (TPSA) is 12.5 Å². The molecule has 90 valence electrons. The second-order valence-electron chi connectivity index (χ2n) is 4.59. The number of hydrogen-bond acceptors (Lipinski definition) is 3. The average Bonchev–Trinajstić information content (AvgIpc) is 2.16. The van der Waals surface area contributed by atoms with Gasteiger partial charge in [-0.3, -0.25) is 4.90 Å². The van der Waals surface area contributed by atoms with Crippen LogP contribution in [-0.4, -0.2) is 53.1 Å². The van der Waals surface area contributed by atoms with Crippen molar-refractivity contribution in [3.63, 3.8) is 0 Å². The number of alkyl halides is 1. The van der Waals surface area contributed by atoms with Crippen LogP contribution in [0.4, 0.5) is 0 Å². The highest BCUT2D eigenvalue weighted by atomic mass is 79.9. The molecule has 1 saturated heterocycles. The first kappa shape index (κ1) is 13.8. The Kier molecular flexibility index (Phi) is 5.96. The van der Waals surface area contributed by atoms with E-state index in [4.69, 9.17) is 4.74 Å². The molecule has 0 spiro atoms. The van der Waals surface area contributed by atoms with Crippen LogP contribution in [-0.2, 0) is 4.74 Å². The molecular weight excluding hydrogens is 274 g/mol. The quantitative estimate of drug-likeness (QED) is 0.571. The van der Waals surface area contributed by atoms with Gasteiger partial charge in [-0.1, -0.05) is 22.9 Å². The molecule has 0 aliphatic carbocycles. The highest BCUT2D eigenvalue weighted by Gasteiger charge is 2.32. The molecule has 0 aromatic carbocycles. The third-order valence-electron chi connectivity index (χ3n) is 2.48. The molecule has 0 aromatic heterocycles. The van der Waals surface area contributed by atoms with Gasteiger partial charge in [0.05, 0.1) is 11.7 Å². The Labute approximate surface area is 106 Å². The van der Waals surface area contributed by atoms with E-state index < -0.39 is 0 Å². The lowest BCUT2D eigenvalue weighted by Crippen LogP contribution is -2.53. The minimum atomic E-state index is 0.00751. The van der Waals surface area contributed by atoms with Crippen molar-refractivity contribution >= 4 is 27.7 Å². The Balaban J connectivity index is 2.36. The highest BCUT2D eigenvalue weighted by molar-refractivity contribution is 9.09. The smallest absolute Gasteiger partial charge is 0.0806 e. The van der Waals surface area contributed by atoms with Crippen molar-refractivity contribution in [1.82, 2.24) is 4.90 Å². The van der Waals surface area contributed by atoms with Gasteiger partial charge in [0.15, 0.2) is 0 Å². The zero-order valence-electron chi connectivity index (χ0n) is 9.96. The molecule has 0 aromatic rings. The fourth-order valence-corrected chi connectivity index (χ4v) is 3.02. The molecule has 1 atom stereocenters. The second kappa shape index (κ2) is 6.48. The fourth-order valence-electron chi connectivity index (χ4n) is 2.01. The summed E-state index contributed by atoms with van der Waals surface area (Å²) >= 11 is 5.53. The Morgan fingerprint density at radius 1 is 1.53 bits per heavy atom. The van der Waals surface area contributed by atoms with Gasteiger partial charge in [0.1, 0.15) is 0 Å². The SMILES string of the molecule is CCSCCN1CC(CBr)OC(C)(C)C1. The van der Waals surface area contributed by atoms with Crippen LogP contribution in [0.3, 0.4) is 0 Å². The maximum Gasteiger partial charge on any atom is 0.0806 e. The monoisotopic (exact) mass is 295 g/mol. The van der Waals surface area contributed by atoms with Crippen LogP contribution in [0.15, 0.2) is 0 Å². The molecule has 0 amide bonds. The molecular formula is C11H22BrNOS. The van der Waals surface area contributed by atoms with Gasteiger partial charge in [0.2, 0.25) is 0 Å². The lowest BCUT2D eigenvalue weighted by molar-refractivity contribution is -0.125. The lowest BCUT2D eigenvalue weighted by atomic mass is 10.1. The molecule has 1 aliphatic heterocycles.